The lowest BCUT2D eigenvalue weighted by atomic mass is 10.1. The van der Waals surface area contributed by atoms with Gasteiger partial charge >= 0.3 is 0 Å². The highest BCUT2D eigenvalue weighted by atomic mass is 32.2. The normalized spacial score (nSPS) is 13.2. The number of anilines is 1. The molecule has 1 aliphatic rings. The maximum atomic E-state index is 12.7. The zero-order valence-corrected chi connectivity index (χ0v) is 13.6. The SMILES string of the molecule is Cc1cc(NS(=O)(=O)c2ccc3c(c2)OCO3)c2ncccc2c1. The first kappa shape index (κ1) is 14.8. The topological polar surface area (TPSA) is 77.5 Å². The number of hydrogen-bond donors (Lipinski definition) is 1. The molecule has 0 saturated heterocycles. The zero-order valence-electron chi connectivity index (χ0n) is 12.8. The second kappa shape index (κ2) is 5.38. The molecule has 0 spiro atoms. The van der Waals surface area contributed by atoms with Crippen molar-refractivity contribution in [1.82, 2.24) is 4.98 Å². The number of nitrogens with zero attached hydrogens (tertiary/aromatic N) is 1. The summed E-state index contributed by atoms with van der Waals surface area (Å²) in [6, 6.07) is 12.0. The summed E-state index contributed by atoms with van der Waals surface area (Å²) in [5.74, 6) is 0.960. The van der Waals surface area contributed by atoms with Gasteiger partial charge in [-0.1, -0.05) is 6.07 Å². The van der Waals surface area contributed by atoms with E-state index in [1.165, 1.54) is 12.1 Å². The monoisotopic (exact) mass is 342 g/mol. The van der Waals surface area contributed by atoms with Gasteiger partial charge in [0.15, 0.2) is 11.5 Å². The molecular formula is C17H14N2O4S. The molecule has 1 N–H and O–H groups in total. The van der Waals surface area contributed by atoms with Crippen LogP contribution in [0.4, 0.5) is 5.69 Å². The van der Waals surface area contributed by atoms with Gasteiger partial charge in [0.05, 0.1) is 16.1 Å². The Morgan fingerprint density at radius 1 is 1.08 bits per heavy atom. The summed E-state index contributed by atoms with van der Waals surface area (Å²) in [4.78, 5) is 4.39. The van der Waals surface area contributed by atoms with Gasteiger partial charge in [-0.3, -0.25) is 9.71 Å². The van der Waals surface area contributed by atoms with Gasteiger partial charge in [0, 0.05) is 17.6 Å². The fraction of sp³-hybridized carbons (Fsp3) is 0.118. The van der Waals surface area contributed by atoms with Crippen LogP contribution in [0.15, 0.2) is 53.6 Å². The molecule has 2 heterocycles. The number of nitrogens with one attached hydrogen (secondary N) is 1. The number of aromatic nitrogens is 1. The second-order valence-corrected chi connectivity index (χ2v) is 7.19. The van der Waals surface area contributed by atoms with E-state index in [1.54, 1.807) is 18.3 Å². The van der Waals surface area contributed by atoms with Crippen molar-refractivity contribution in [3.05, 3.63) is 54.2 Å². The third-order valence-electron chi connectivity index (χ3n) is 3.75. The second-order valence-electron chi connectivity index (χ2n) is 5.51. The zero-order chi connectivity index (χ0) is 16.7. The minimum absolute atomic E-state index is 0.0959. The van der Waals surface area contributed by atoms with Gasteiger partial charge in [-0.05, 0) is 42.8 Å². The Hall–Kier alpha value is -2.80. The number of rotatable bonds is 3. The number of sulfonamides is 1. The van der Waals surface area contributed by atoms with Gasteiger partial charge in [0.25, 0.3) is 10.0 Å². The summed E-state index contributed by atoms with van der Waals surface area (Å²) in [7, 11) is -3.77. The number of hydrogen-bond acceptors (Lipinski definition) is 5. The van der Waals surface area contributed by atoms with Crippen molar-refractivity contribution in [2.45, 2.75) is 11.8 Å². The standard InChI is InChI=1S/C17H14N2O4S/c1-11-7-12-3-2-6-18-17(12)14(8-11)19-24(20,21)13-4-5-15-16(9-13)23-10-22-15/h2-9,19H,10H2,1H3. The van der Waals surface area contributed by atoms with Crippen LogP contribution in [-0.2, 0) is 10.0 Å². The van der Waals surface area contributed by atoms with Gasteiger partial charge in [-0.2, -0.15) is 0 Å². The summed E-state index contributed by atoms with van der Waals surface area (Å²) in [5.41, 5.74) is 1.99. The van der Waals surface area contributed by atoms with Crippen molar-refractivity contribution in [1.29, 1.82) is 0 Å². The van der Waals surface area contributed by atoms with E-state index in [-0.39, 0.29) is 11.7 Å². The van der Waals surface area contributed by atoms with Crippen LogP contribution in [0, 0.1) is 6.92 Å². The van der Waals surface area contributed by atoms with Crippen LogP contribution in [0.3, 0.4) is 0 Å². The average Bonchev–Trinajstić information content (AvgIpc) is 3.02. The summed E-state index contributed by atoms with van der Waals surface area (Å²) in [6.07, 6.45) is 1.63. The first-order valence-corrected chi connectivity index (χ1v) is 8.79. The lowest BCUT2D eigenvalue weighted by molar-refractivity contribution is 0.174. The Morgan fingerprint density at radius 3 is 2.79 bits per heavy atom. The third-order valence-corrected chi connectivity index (χ3v) is 5.11. The molecule has 4 rings (SSSR count). The molecule has 1 aromatic heterocycles. The van der Waals surface area contributed by atoms with Crippen molar-refractivity contribution in [2.24, 2.45) is 0 Å². The highest BCUT2D eigenvalue weighted by molar-refractivity contribution is 7.92. The predicted molar refractivity (Wildman–Crippen MR) is 89.9 cm³/mol. The highest BCUT2D eigenvalue weighted by Gasteiger charge is 2.21. The average molecular weight is 342 g/mol. The summed E-state index contributed by atoms with van der Waals surface area (Å²) < 4.78 is 38.5. The van der Waals surface area contributed by atoms with Crippen LogP contribution in [0.25, 0.3) is 10.9 Å². The number of fused-ring (bicyclic) bond motifs is 2. The van der Waals surface area contributed by atoms with E-state index in [9.17, 15) is 8.42 Å². The molecule has 0 fully saturated rings. The maximum absolute atomic E-state index is 12.7. The Kier molecular flexibility index (Phi) is 3.31. The Labute approximate surface area is 139 Å². The van der Waals surface area contributed by atoms with Crippen molar-refractivity contribution in [2.75, 3.05) is 11.5 Å². The van der Waals surface area contributed by atoms with Crippen molar-refractivity contribution in [3.8, 4) is 11.5 Å². The molecule has 0 saturated carbocycles. The molecule has 0 unspecified atom stereocenters. The van der Waals surface area contributed by atoms with E-state index in [0.29, 0.717) is 22.7 Å². The van der Waals surface area contributed by atoms with E-state index >= 15 is 0 Å². The molecule has 6 nitrogen and oxygen atoms in total. The predicted octanol–water partition coefficient (Wildman–Crippen LogP) is 3.07. The molecule has 24 heavy (non-hydrogen) atoms. The molecule has 1 aliphatic heterocycles. The molecule has 122 valence electrons. The van der Waals surface area contributed by atoms with Crippen LogP contribution in [0.2, 0.25) is 0 Å². The van der Waals surface area contributed by atoms with Crippen LogP contribution >= 0.6 is 0 Å². The van der Waals surface area contributed by atoms with Crippen molar-refractivity contribution in [3.63, 3.8) is 0 Å². The minimum atomic E-state index is -3.77. The first-order chi connectivity index (χ1) is 11.5. The van der Waals surface area contributed by atoms with Gasteiger partial charge in [0.2, 0.25) is 6.79 Å². The van der Waals surface area contributed by atoms with Gasteiger partial charge in [0.1, 0.15) is 0 Å². The summed E-state index contributed by atoms with van der Waals surface area (Å²) >= 11 is 0. The Bertz CT molecular complexity index is 1050. The fourth-order valence-corrected chi connectivity index (χ4v) is 3.74. The molecule has 3 aromatic rings. The van der Waals surface area contributed by atoms with Gasteiger partial charge < -0.3 is 9.47 Å². The van der Waals surface area contributed by atoms with E-state index in [4.69, 9.17) is 9.47 Å². The van der Waals surface area contributed by atoms with Gasteiger partial charge in [-0.25, -0.2) is 8.42 Å². The summed E-state index contributed by atoms with van der Waals surface area (Å²) in [5, 5.41) is 0.876. The summed E-state index contributed by atoms with van der Waals surface area (Å²) in [6.45, 7) is 2.00. The Morgan fingerprint density at radius 2 is 1.92 bits per heavy atom. The van der Waals surface area contributed by atoms with Crippen LogP contribution in [-0.4, -0.2) is 20.2 Å². The molecule has 0 amide bonds. The molecule has 7 heteroatoms. The third kappa shape index (κ3) is 2.52. The van der Waals surface area contributed by atoms with E-state index < -0.39 is 10.0 Å². The largest absolute Gasteiger partial charge is 0.454 e. The maximum Gasteiger partial charge on any atom is 0.262 e. The number of aryl methyl sites for hydroxylation is 1. The number of pyridine rings is 1. The molecule has 0 radical (unpaired) electrons. The fourth-order valence-electron chi connectivity index (χ4n) is 2.67. The lowest BCUT2D eigenvalue weighted by Gasteiger charge is -2.11. The lowest BCUT2D eigenvalue weighted by Crippen LogP contribution is -2.13. The number of benzene rings is 2. The van der Waals surface area contributed by atoms with Gasteiger partial charge in [-0.15, -0.1) is 0 Å². The molecule has 2 aromatic carbocycles. The van der Waals surface area contributed by atoms with Crippen LogP contribution < -0.4 is 14.2 Å². The molecular weight excluding hydrogens is 328 g/mol. The molecule has 0 atom stereocenters. The smallest absolute Gasteiger partial charge is 0.262 e. The number of ether oxygens (including phenoxy) is 2. The highest BCUT2D eigenvalue weighted by Crippen LogP contribution is 2.34. The van der Waals surface area contributed by atoms with Crippen molar-refractivity contribution >= 4 is 26.6 Å². The Balaban J connectivity index is 1.77. The van der Waals surface area contributed by atoms with Crippen LogP contribution in [0.1, 0.15) is 5.56 Å². The quantitative estimate of drug-likeness (QED) is 0.791. The van der Waals surface area contributed by atoms with Crippen molar-refractivity contribution < 1.29 is 17.9 Å². The van der Waals surface area contributed by atoms with E-state index in [0.717, 1.165) is 10.9 Å². The van der Waals surface area contributed by atoms with Crippen LogP contribution in [0.5, 0.6) is 11.5 Å². The molecule has 0 aliphatic carbocycles. The van der Waals surface area contributed by atoms with E-state index in [2.05, 4.69) is 9.71 Å². The van der Waals surface area contributed by atoms with E-state index in [1.807, 2.05) is 25.1 Å². The minimum Gasteiger partial charge on any atom is -0.454 e. The molecule has 0 bridgehead atoms. The first-order valence-electron chi connectivity index (χ1n) is 7.31.